The largest absolute Gasteiger partial charge is 0.360 e. The molecule has 0 aliphatic carbocycles. The van der Waals surface area contributed by atoms with Crippen molar-refractivity contribution in [3.05, 3.63) is 76.8 Å². The van der Waals surface area contributed by atoms with Crippen LogP contribution in [0.2, 0.25) is 5.02 Å². The Balaban J connectivity index is 1.50. The Morgan fingerprint density at radius 2 is 1.89 bits per heavy atom. The molecule has 7 heteroatoms. The highest BCUT2D eigenvalue weighted by molar-refractivity contribution is 7.98. The number of halogens is 1. The third-order valence-corrected chi connectivity index (χ3v) is 5.39. The van der Waals surface area contributed by atoms with Crippen molar-refractivity contribution in [1.82, 2.24) is 19.9 Å². The Morgan fingerprint density at radius 1 is 1.07 bits per heavy atom. The number of hydrogen-bond acceptors (Lipinski definition) is 5. The molecule has 27 heavy (non-hydrogen) atoms. The molecule has 136 valence electrons. The van der Waals surface area contributed by atoms with Crippen LogP contribution in [0.5, 0.6) is 0 Å². The highest BCUT2D eigenvalue weighted by Crippen LogP contribution is 2.27. The van der Waals surface area contributed by atoms with Gasteiger partial charge in [-0.05, 0) is 37.6 Å². The molecule has 0 N–H and O–H groups in total. The van der Waals surface area contributed by atoms with E-state index < -0.39 is 0 Å². The lowest BCUT2D eigenvalue weighted by molar-refractivity contribution is 0.397. The first-order valence-corrected chi connectivity index (χ1v) is 9.78. The zero-order valence-electron chi connectivity index (χ0n) is 14.9. The van der Waals surface area contributed by atoms with Crippen LogP contribution in [0.4, 0.5) is 0 Å². The summed E-state index contributed by atoms with van der Waals surface area (Å²) in [5, 5.41) is 14.0. The minimum Gasteiger partial charge on any atom is -0.360 e. The van der Waals surface area contributed by atoms with Crippen molar-refractivity contribution in [1.29, 1.82) is 0 Å². The first-order chi connectivity index (χ1) is 13.1. The molecule has 0 saturated carbocycles. The first-order valence-electron chi connectivity index (χ1n) is 8.42. The zero-order valence-corrected chi connectivity index (χ0v) is 16.5. The average Bonchev–Trinajstić information content (AvgIpc) is 3.30. The van der Waals surface area contributed by atoms with Crippen molar-refractivity contribution >= 4 is 23.4 Å². The number of thioether (sulfide) groups is 1. The van der Waals surface area contributed by atoms with E-state index in [0.717, 1.165) is 27.9 Å². The van der Waals surface area contributed by atoms with Crippen molar-refractivity contribution in [2.45, 2.75) is 24.8 Å². The molecule has 0 amide bonds. The number of aromatic nitrogens is 4. The monoisotopic (exact) mass is 396 g/mol. The molecule has 4 rings (SSSR count). The van der Waals surface area contributed by atoms with Gasteiger partial charge in [-0.25, -0.2) is 0 Å². The fraction of sp³-hybridized carbons (Fsp3) is 0.150. The average molecular weight is 397 g/mol. The van der Waals surface area contributed by atoms with E-state index in [1.165, 1.54) is 11.1 Å². The van der Waals surface area contributed by atoms with Gasteiger partial charge in [0.15, 0.2) is 5.16 Å². The van der Waals surface area contributed by atoms with Gasteiger partial charge in [0.1, 0.15) is 17.8 Å². The van der Waals surface area contributed by atoms with Crippen LogP contribution in [0.3, 0.4) is 0 Å². The molecule has 2 aromatic heterocycles. The molecule has 0 bridgehead atoms. The van der Waals surface area contributed by atoms with Crippen LogP contribution < -0.4 is 0 Å². The molecule has 0 spiro atoms. The lowest BCUT2D eigenvalue weighted by atomic mass is 10.1. The summed E-state index contributed by atoms with van der Waals surface area (Å²) in [5.74, 6) is 1.39. The quantitative estimate of drug-likeness (QED) is 0.418. The van der Waals surface area contributed by atoms with Crippen LogP contribution in [-0.4, -0.2) is 19.9 Å². The van der Waals surface area contributed by atoms with Gasteiger partial charge in [-0.2, -0.15) is 0 Å². The predicted octanol–water partition coefficient (Wildman–Crippen LogP) is 5.48. The molecule has 0 radical (unpaired) electrons. The summed E-state index contributed by atoms with van der Waals surface area (Å²) < 4.78 is 7.47. The smallest absolute Gasteiger partial charge is 0.196 e. The number of rotatable bonds is 5. The highest BCUT2D eigenvalue weighted by atomic mass is 35.5. The molecule has 2 aromatic carbocycles. The maximum atomic E-state index is 5.93. The lowest BCUT2D eigenvalue weighted by Gasteiger charge is -2.09. The molecule has 0 atom stereocenters. The van der Waals surface area contributed by atoms with E-state index in [0.29, 0.717) is 10.8 Å². The van der Waals surface area contributed by atoms with Gasteiger partial charge >= 0.3 is 0 Å². The Labute approximate surface area is 166 Å². The molecule has 0 unspecified atom stereocenters. The Bertz CT molecular complexity index is 1070. The van der Waals surface area contributed by atoms with Crippen molar-refractivity contribution in [2.75, 3.05) is 0 Å². The lowest BCUT2D eigenvalue weighted by Crippen LogP contribution is -1.98. The summed E-state index contributed by atoms with van der Waals surface area (Å²) in [5.41, 5.74) is 5.25. The van der Waals surface area contributed by atoms with E-state index in [9.17, 15) is 0 Å². The van der Waals surface area contributed by atoms with Crippen LogP contribution >= 0.6 is 23.4 Å². The second kappa shape index (κ2) is 7.58. The van der Waals surface area contributed by atoms with E-state index in [1.807, 2.05) is 34.9 Å². The van der Waals surface area contributed by atoms with E-state index >= 15 is 0 Å². The predicted molar refractivity (Wildman–Crippen MR) is 107 cm³/mol. The second-order valence-electron chi connectivity index (χ2n) is 6.25. The maximum absolute atomic E-state index is 5.93. The molecule has 4 aromatic rings. The minimum absolute atomic E-state index is 0.615. The Morgan fingerprint density at radius 3 is 2.67 bits per heavy atom. The summed E-state index contributed by atoms with van der Waals surface area (Å²) in [7, 11) is 0. The molecular formula is C20H17ClN4OS. The highest BCUT2D eigenvalue weighted by Gasteiger charge is 2.12. The molecule has 0 fully saturated rings. The van der Waals surface area contributed by atoms with Crippen molar-refractivity contribution in [2.24, 2.45) is 0 Å². The topological polar surface area (TPSA) is 56.7 Å². The summed E-state index contributed by atoms with van der Waals surface area (Å²) in [6.45, 7) is 4.17. The molecule has 0 saturated heterocycles. The number of aryl methyl sites for hydroxylation is 2. The van der Waals surface area contributed by atoms with Crippen LogP contribution in [0.1, 0.15) is 16.9 Å². The van der Waals surface area contributed by atoms with Gasteiger partial charge in [-0.15, -0.1) is 10.2 Å². The maximum Gasteiger partial charge on any atom is 0.196 e. The number of nitrogens with zero attached hydrogens (tertiary/aromatic N) is 4. The van der Waals surface area contributed by atoms with E-state index in [-0.39, 0.29) is 0 Å². The SMILES string of the molecule is Cc1ccc(-n2cnnc2SCc2cc(-c3ccc(Cl)cc3)no2)c(C)c1. The molecule has 5 nitrogen and oxygen atoms in total. The Kier molecular flexibility index (Phi) is 5.01. The van der Waals surface area contributed by atoms with Gasteiger partial charge in [0.2, 0.25) is 0 Å². The molecule has 0 aliphatic heterocycles. The third kappa shape index (κ3) is 3.91. The van der Waals surface area contributed by atoms with Crippen LogP contribution in [-0.2, 0) is 5.75 Å². The fourth-order valence-electron chi connectivity index (χ4n) is 2.84. The van der Waals surface area contributed by atoms with Gasteiger partial charge in [0.05, 0.1) is 11.4 Å². The second-order valence-corrected chi connectivity index (χ2v) is 7.63. The number of benzene rings is 2. The van der Waals surface area contributed by atoms with Crippen LogP contribution in [0.25, 0.3) is 16.9 Å². The van der Waals surface area contributed by atoms with E-state index in [1.54, 1.807) is 18.1 Å². The summed E-state index contributed by atoms with van der Waals surface area (Å²) in [6, 6.07) is 15.8. The summed E-state index contributed by atoms with van der Waals surface area (Å²) in [4.78, 5) is 0. The number of hydrogen-bond donors (Lipinski definition) is 0. The van der Waals surface area contributed by atoms with Crippen LogP contribution in [0.15, 0.2) is 64.5 Å². The van der Waals surface area contributed by atoms with Crippen LogP contribution in [0, 0.1) is 13.8 Å². The standard InChI is InChI=1S/C20H17ClN4OS/c1-13-3-8-19(14(2)9-13)25-12-22-23-20(25)27-11-17-10-18(24-26-17)15-4-6-16(21)7-5-15/h3-10,12H,11H2,1-2H3. The molecule has 2 heterocycles. The van der Waals surface area contributed by atoms with Gasteiger partial charge in [0.25, 0.3) is 0 Å². The van der Waals surface area contributed by atoms with Crippen molar-refractivity contribution in [3.63, 3.8) is 0 Å². The first kappa shape index (κ1) is 17.8. The van der Waals surface area contributed by atoms with Gasteiger partial charge < -0.3 is 4.52 Å². The van der Waals surface area contributed by atoms with E-state index in [2.05, 4.69) is 47.4 Å². The third-order valence-electron chi connectivity index (χ3n) is 4.17. The van der Waals surface area contributed by atoms with Crippen molar-refractivity contribution in [3.8, 4) is 16.9 Å². The van der Waals surface area contributed by atoms with Crippen molar-refractivity contribution < 1.29 is 4.52 Å². The van der Waals surface area contributed by atoms with Gasteiger partial charge in [-0.3, -0.25) is 4.57 Å². The van der Waals surface area contributed by atoms with Gasteiger partial charge in [-0.1, -0.05) is 58.3 Å². The summed E-state index contributed by atoms with van der Waals surface area (Å²) >= 11 is 7.49. The summed E-state index contributed by atoms with van der Waals surface area (Å²) in [6.07, 6.45) is 1.74. The normalized spacial score (nSPS) is 11.1. The molecule has 0 aliphatic rings. The minimum atomic E-state index is 0.615. The zero-order chi connectivity index (χ0) is 18.8. The fourth-order valence-corrected chi connectivity index (χ4v) is 3.76. The van der Waals surface area contributed by atoms with Gasteiger partial charge in [0, 0.05) is 16.7 Å². The molecular weight excluding hydrogens is 380 g/mol. The van der Waals surface area contributed by atoms with E-state index in [4.69, 9.17) is 16.1 Å². The Hall–Kier alpha value is -2.57.